The molecule has 0 saturated carbocycles. The Hall–Kier alpha value is -4.22. The average molecular weight is 541 g/mol. The van der Waals surface area contributed by atoms with Crippen LogP contribution in [0.1, 0.15) is 20.8 Å². The zero-order chi connectivity index (χ0) is 26.9. The molecule has 3 N–H and O–H groups in total. The van der Waals surface area contributed by atoms with Gasteiger partial charge < -0.3 is 16.0 Å². The lowest BCUT2D eigenvalue weighted by atomic mass is 10.00. The minimum absolute atomic E-state index is 0.0681. The largest absolute Gasteiger partial charge is 0.347 e. The molecule has 2 aromatic carbocycles. The fraction of sp³-hybridized carbons (Fsp3) is 0.154. The quantitative estimate of drug-likeness (QED) is 0.327. The molecular weight excluding hydrogens is 521 g/mol. The maximum atomic E-state index is 14.6. The van der Waals surface area contributed by atoms with Crippen molar-refractivity contribution in [3.63, 3.8) is 0 Å². The molecule has 5 rings (SSSR count). The standard InChI is InChI=1S/C26H20ClF3N6O2/c27-18-10-20(29)17(23-19(28)7-4-8-32-23)9-16(18)24(37)34-22-11-21(25(38)33-14-26(30)12-31-13-26)35-36(22)15-5-2-1-3-6-15/h1-11,31H,12-14H2,(H,33,38)(H,34,37). The third-order valence-corrected chi connectivity index (χ3v) is 6.26. The molecule has 4 aromatic rings. The van der Waals surface area contributed by atoms with Crippen molar-refractivity contribution >= 4 is 29.2 Å². The number of hydrogen-bond donors (Lipinski definition) is 3. The van der Waals surface area contributed by atoms with Gasteiger partial charge in [0.1, 0.15) is 23.1 Å². The van der Waals surface area contributed by atoms with Gasteiger partial charge in [-0.15, -0.1) is 0 Å². The summed E-state index contributed by atoms with van der Waals surface area (Å²) in [6.45, 7) is 0.0719. The van der Waals surface area contributed by atoms with Crippen molar-refractivity contribution in [2.45, 2.75) is 5.67 Å². The van der Waals surface area contributed by atoms with E-state index in [0.717, 1.165) is 18.2 Å². The van der Waals surface area contributed by atoms with Gasteiger partial charge in [-0.25, -0.2) is 17.9 Å². The highest BCUT2D eigenvalue weighted by Crippen LogP contribution is 2.30. The van der Waals surface area contributed by atoms with Gasteiger partial charge in [-0.2, -0.15) is 5.10 Å². The summed E-state index contributed by atoms with van der Waals surface area (Å²) < 4.78 is 44.5. The number of benzene rings is 2. The minimum atomic E-state index is -1.53. The van der Waals surface area contributed by atoms with E-state index in [4.69, 9.17) is 11.6 Å². The Labute approximate surface area is 219 Å². The lowest BCUT2D eigenvalue weighted by Crippen LogP contribution is -2.61. The number of alkyl halides is 1. The van der Waals surface area contributed by atoms with Crippen LogP contribution < -0.4 is 16.0 Å². The molecule has 3 heterocycles. The van der Waals surface area contributed by atoms with Crippen LogP contribution >= 0.6 is 11.6 Å². The highest BCUT2D eigenvalue weighted by molar-refractivity contribution is 6.34. The Balaban J connectivity index is 1.46. The summed E-state index contributed by atoms with van der Waals surface area (Å²) in [5.74, 6) is -2.93. The summed E-state index contributed by atoms with van der Waals surface area (Å²) >= 11 is 6.16. The SMILES string of the molecule is O=C(NCC1(F)CNC1)c1cc(NC(=O)c2cc(-c3ncccc3F)c(F)cc2Cl)n(-c2ccccc2)n1. The fourth-order valence-electron chi connectivity index (χ4n) is 3.87. The maximum absolute atomic E-state index is 14.6. The van der Waals surface area contributed by atoms with E-state index in [1.54, 1.807) is 30.3 Å². The second-order valence-corrected chi connectivity index (χ2v) is 9.11. The van der Waals surface area contributed by atoms with E-state index in [0.29, 0.717) is 5.69 Å². The van der Waals surface area contributed by atoms with E-state index in [9.17, 15) is 22.8 Å². The normalized spacial score (nSPS) is 14.0. The molecule has 2 amide bonds. The third-order valence-electron chi connectivity index (χ3n) is 5.95. The molecular formula is C26H20ClF3N6O2. The molecule has 1 saturated heterocycles. The fourth-order valence-corrected chi connectivity index (χ4v) is 4.11. The van der Waals surface area contributed by atoms with Crippen molar-refractivity contribution in [2.75, 3.05) is 25.0 Å². The van der Waals surface area contributed by atoms with Gasteiger partial charge in [0.2, 0.25) is 0 Å². The predicted octanol–water partition coefficient (Wildman–Crippen LogP) is 4.16. The summed E-state index contributed by atoms with van der Waals surface area (Å²) in [5.41, 5.74) is -1.76. The molecule has 0 aliphatic carbocycles. The lowest BCUT2D eigenvalue weighted by Gasteiger charge is -2.34. The molecule has 0 unspecified atom stereocenters. The molecule has 8 nitrogen and oxygen atoms in total. The summed E-state index contributed by atoms with van der Waals surface area (Å²) in [4.78, 5) is 29.8. The van der Waals surface area contributed by atoms with Crippen LogP contribution in [0.3, 0.4) is 0 Å². The van der Waals surface area contributed by atoms with E-state index >= 15 is 0 Å². The highest BCUT2D eigenvalue weighted by Gasteiger charge is 2.37. The lowest BCUT2D eigenvalue weighted by molar-refractivity contribution is 0.0746. The molecule has 12 heteroatoms. The van der Waals surface area contributed by atoms with Crippen molar-refractivity contribution in [1.29, 1.82) is 0 Å². The topological polar surface area (TPSA) is 101 Å². The van der Waals surface area contributed by atoms with Gasteiger partial charge >= 0.3 is 0 Å². The van der Waals surface area contributed by atoms with Gasteiger partial charge in [0.15, 0.2) is 11.4 Å². The van der Waals surface area contributed by atoms with Crippen LogP contribution in [-0.2, 0) is 0 Å². The molecule has 0 atom stereocenters. The number of halogens is 4. The van der Waals surface area contributed by atoms with Gasteiger partial charge in [0.25, 0.3) is 11.8 Å². The summed E-state index contributed by atoms with van der Waals surface area (Å²) in [6.07, 6.45) is 1.30. The number of pyridine rings is 1. The number of rotatable bonds is 7. The zero-order valence-corrected chi connectivity index (χ0v) is 20.4. The number of nitrogens with one attached hydrogen (secondary N) is 3. The minimum Gasteiger partial charge on any atom is -0.347 e. The first kappa shape index (κ1) is 25.4. The maximum Gasteiger partial charge on any atom is 0.271 e. The monoisotopic (exact) mass is 540 g/mol. The molecule has 0 bridgehead atoms. The second-order valence-electron chi connectivity index (χ2n) is 8.70. The number of carbonyl (C=O) groups is 2. The Morgan fingerprint density at radius 1 is 1.03 bits per heavy atom. The van der Waals surface area contributed by atoms with Crippen molar-refractivity contribution in [1.82, 2.24) is 25.4 Å². The van der Waals surface area contributed by atoms with Crippen LogP contribution in [0.4, 0.5) is 19.0 Å². The Bertz CT molecular complexity index is 1520. The predicted molar refractivity (Wildman–Crippen MR) is 135 cm³/mol. The number of para-hydroxylation sites is 1. The van der Waals surface area contributed by atoms with Crippen molar-refractivity contribution in [2.24, 2.45) is 0 Å². The van der Waals surface area contributed by atoms with Gasteiger partial charge in [0, 0.05) is 30.9 Å². The van der Waals surface area contributed by atoms with Crippen molar-refractivity contribution in [3.05, 3.63) is 94.8 Å². The highest BCUT2D eigenvalue weighted by atomic mass is 35.5. The average Bonchev–Trinajstić information content (AvgIpc) is 3.31. The molecule has 38 heavy (non-hydrogen) atoms. The number of amides is 2. The Kier molecular flexibility index (Phi) is 6.87. The van der Waals surface area contributed by atoms with Gasteiger partial charge in [-0.1, -0.05) is 29.8 Å². The number of anilines is 1. The van der Waals surface area contributed by atoms with E-state index in [1.807, 2.05) is 0 Å². The van der Waals surface area contributed by atoms with Gasteiger partial charge in [-0.05, 0) is 36.4 Å². The zero-order valence-electron chi connectivity index (χ0n) is 19.6. The van der Waals surface area contributed by atoms with Crippen LogP contribution in [0.2, 0.25) is 5.02 Å². The smallest absolute Gasteiger partial charge is 0.271 e. The van der Waals surface area contributed by atoms with Crippen LogP contribution in [0, 0.1) is 11.6 Å². The van der Waals surface area contributed by atoms with Crippen LogP contribution in [-0.4, -0.2) is 51.9 Å². The van der Waals surface area contributed by atoms with Gasteiger partial charge in [0.05, 0.1) is 22.8 Å². The number of nitrogens with zero attached hydrogens (tertiary/aromatic N) is 3. The van der Waals surface area contributed by atoms with E-state index in [-0.39, 0.29) is 53.0 Å². The Morgan fingerprint density at radius 2 is 1.79 bits per heavy atom. The second kappa shape index (κ2) is 10.3. The molecule has 1 aliphatic heterocycles. The van der Waals surface area contributed by atoms with E-state index in [2.05, 4.69) is 26.0 Å². The summed E-state index contributed by atoms with van der Waals surface area (Å²) in [7, 11) is 0. The van der Waals surface area contributed by atoms with Gasteiger partial charge in [-0.3, -0.25) is 14.6 Å². The molecule has 1 aliphatic rings. The Morgan fingerprint density at radius 3 is 2.47 bits per heavy atom. The van der Waals surface area contributed by atoms with Crippen molar-refractivity contribution < 1.29 is 22.8 Å². The number of carbonyl (C=O) groups excluding carboxylic acids is 2. The molecule has 0 spiro atoms. The number of aromatic nitrogens is 3. The first-order chi connectivity index (χ1) is 18.2. The molecule has 2 aromatic heterocycles. The molecule has 0 radical (unpaired) electrons. The summed E-state index contributed by atoms with van der Waals surface area (Å²) in [5, 5.41) is 12.0. The first-order valence-electron chi connectivity index (χ1n) is 11.5. The van der Waals surface area contributed by atoms with Crippen LogP contribution in [0.25, 0.3) is 16.9 Å². The third kappa shape index (κ3) is 5.11. The summed E-state index contributed by atoms with van der Waals surface area (Å²) in [6, 6.07) is 14.5. The van der Waals surface area contributed by atoms with E-state index < -0.39 is 29.1 Å². The number of hydrogen-bond acceptors (Lipinski definition) is 5. The molecule has 1 fully saturated rings. The van der Waals surface area contributed by atoms with Crippen LogP contribution in [0.5, 0.6) is 0 Å². The van der Waals surface area contributed by atoms with Crippen LogP contribution in [0.15, 0.2) is 66.9 Å². The first-order valence-corrected chi connectivity index (χ1v) is 11.9. The van der Waals surface area contributed by atoms with E-state index in [1.165, 1.54) is 23.0 Å². The molecule has 194 valence electrons. The van der Waals surface area contributed by atoms with Crippen molar-refractivity contribution in [3.8, 4) is 16.9 Å².